The first kappa shape index (κ1) is 26.9. The van der Waals surface area contributed by atoms with Crippen molar-refractivity contribution in [2.45, 2.75) is 65.2 Å². The predicted octanol–water partition coefficient (Wildman–Crippen LogP) is 5.12. The van der Waals surface area contributed by atoms with Gasteiger partial charge in [0.1, 0.15) is 11.5 Å². The fraction of sp³-hybridized carbons (Fsp3) is 0.636. The van der Waals surface area contributed by atoms with Crippen LogP contribution in [0.4, 0.5) is 9.59 Å². The number of hydrogen-bond acceptors (Lipinski definition) is 4. The van der Waals surface area contributed by atoms with Crippen molar-refractivity contribution in [3.8, 4) is 11.5 Å². The van der Waals surface area contributed by atoms with Crippen LogP contribution in [-0.2, 0) is 10.8 Å². The summed E-state index contributed by atoms with van der Waals surface area (Å²) in [5.41, 5.74) is 1.45. The lowest BCUT2D eigenvalue weighted by Gasteiger charge is -2.32. The summed E-state index contributed by atoms with van der Waals surface area (Å²) < 4.78 is 13.2. The Hall–Kier alpha value is -2.16. The van der Waals surface area contributed by atoms with Crippen LogP contribution in [0.3, 0.4) is 0 Å². The Morgan fingerprint density at radius 1 is 0.871 bits per heavy atom. The van der Waals surface area contributed by atoms with Gasteiger partial charge in [-0.2, -0.15) is 0 Å². The molecular weight excluding hydrogens is 468 g/mol. The molecule has 1 aromatic carbocycles. The summed E-state index contributed by atoms with van der Waals surface area (Å²) in [7, 11) is 0. The molecule has 4 N–H and O–H groups in total. The van der Waals surface area contributed by atoms with Crippen molar-refractivity contribution >= 4 is 28.1 Å². The van der Waals surface area contributed by atoms with Crippen LogP contribution in [0.1, 0.15) is 65.5 Å². The molecule has 2 amide bonds. The number of carboxylic acid groups (broad SMARTS) is 2. The molecule has 0 bridgehead atoms. The van der Waals surface area contributed by atoms with E-state index >= 15 is 0 Å². The maximum atomic E-state index is 10.7. The minimum Gasteiger partial charge on any atom is -0.493 e. The molecule has 0 atom stereocenters. The van der Waals surface area contributed by atoms with Crippen LogP contribution in [0, 0.1) is 0 Å². The molecule has 176 valence electrons. The highest BCUT2D eigenvalue weighted by molar-refractivity contribution is 9.10. The Morgan fingerprint density at radius 3 is 1.74 bits per heavy atom. The number of benzene rings is 1. The zero-order valence-electron chi connectivity index (χ0n) is 19.2. The van der Waals surface area contributed by atoms with Gasteiger partial charge in [-0.05, 0) is 29.7 Å². The summed E-state index contributed by atoms with van der Waals surface area (Å²) in [6, 6.07) is 1.95. The molecule has 0 radical (unpaired) electrons. The zero-order valence-corrected chi connectivity index (χ0v) is 20.8. The Balaban J connectivity index is 3.24. The Kier molecular flexibility index (Phi) is 9.93. The summed E-state index contributed by atoms with van der Waals surface area (Å²) in [4.78, 5) is 21.3. The molecule has 0 aliphatic heterocycles. The molecule has 0 heterocycles. The van der Waals surface area contributed by atoms with Crippen molar-refractivity contribution in [3.05, 3.63) is 21.7 Å². The Morgan fingerprint density at radius 2 is 1.32 bits per heavy atom. The van der Waals surface area contributed by atoms with Gasteiger partial charge in [-0.25, -0.2) is 9.59 Å². The SMILES string of the molecule is CC(C)(C)c1c(Br)cc(OCCCNC(=O)O)c(C(C)(C)C)c1OCCCNC(=O)O. The number of amides is 2. The second-order valence-electron chi connectivity index (χ2n) is 9.30. The van der Waals surface area contributed by atoms with Crippen molar-refractivity contribution in [1.29, 1.82) is 0 Å². The van der Waals surface area contributed by atoms with Gasteiger partial charge in [0.25, 0.3) is 0 Å². The number of carbonyl (C=O) groups is 2. The van der Waals surface area contributed by atoms with Crippen molar-refractivity contribution in [1.82, 2.24) is 10.6 Å². The lowest BCUT2D eigenvalue weighted by Crippen LogP contribution is -2.25. The van der Waals surface area contributed by atoms with Gasteiger partial charge in [0, 0.05) is 28.7 Å². The van der Waals surface area contributed by atoms with E-state index in [0.29, 0.717) is 44.9 Å². The van der Waals surface area contributed by atoms with E-state index < -0.39 is 12.2 Å². The van der Waals surface area contributed by atoms with Gasteiger partial charge in [0.2, 0.25) is 0 Å². The molecule has 0 aliphatic rings. The van der Waals surface area contributed by atoms with Gasteiger partial charge < -0.3 is 30.3 Å². The number of halogens is 1. The number of ether oxygens (including phenoxy) is 2. The molecule has 0 saturated carbocycles. The fourth-order valence-electron chi connectivity index (χ4n) is 3.16. The van der Waals surface area contributed by atoms with Gasteiger partial charge in [0.15, 0.2) is 0 Å². The van der Waals surface area contributed by atoms with Crippen LogP contribution in [0.25, 0.3) is 0 Å². The van der Waals surface area contributed by atoms with Gasteiger partial charge in [-0.1, -0.05) is 57.5 Å². The molecule has 31 heavy (non-hydrogen) atoms. The highest BCUT2D eigenvalue weighted by Gasteiger charge is 2.32. The smallest absolute Gasteiger partial charge is 0.404 e. The van der Waals surface area contributed by atoms with Crippen molar-refractivity contribution < 1.29 is 29.3 Å². The van der Waals surface area contributed by atoms with E-state index in [4.69, 9.17) is 19.7 Å². The second kappa shape index (κ2) is 11.5. The largest absolute Gasteiger partial charge is 0.493 e. The monoisotopic (exact) mass is 502 g/mol. The third kappa shape index (κ3) is 8.85. The second-order valence-corrected chi connectivity index (χ2v) is 10.2. The van der Waals surface area contributed by atoms with Crippen LogP contribution < -0.4 is 20.1 Å². The molecule has 0 saturated heterocycles. The molecule has 0 unspecified atom stereocenters. The van der Waals surface area contributed by atoms with Gasteiger partial charge in [0.05, 0.1) is 13.2 Å². The van der Waals surface area contributed by atoms with Gasteiger partial charge in [-0.15, -0.1) is 0 Å². The van der Waals surface area contributed by atoms with E-state index in [1.54, 1.807) is 0 Å². The van der Waals surface area contributed by atoms with E-state index in [1.807, 2.05) is 6.07 Å². The lowest BCUT2D eigenvalue weighted by molar-refractivity contribution is 0.192. The molecule has 0 fully saturated rings. The number of hydrogen-bond donors (Lipinski definition) is 4. The molecule has 9 heteroatoms. The summed E-state index contributed by atoms with van der Waals surface area (Å²) in [6.45, 7) is 13.9. The lowest BCUT2D eigenvalue weighted by atomic mass is 9.79. The molecular formula is C22H35BrN2O6. The molecule has 1 aromatic rings. The molecule has 0 spiro atoms. The summed E-state index contributed by atoms with van der Waals surface area (Å²) in [5.74, 6) is 1.42. The third-order valence-electron chi connectivity index (χ3n) is 4.40. The van der Waals surface area contributed by atoms with E-state index in [-0.39, 0.29) is 10.8 Å². The van der Waals surface area contributed by atoms with E-state index in [0.717, 1.165) is 21.3 Å². The van der Waals surface area contributed by atoms with Gasteiger partial charge >= 0.3 is 12.2 Å². The van der Waals surface area contributed by atoms with Crippen LogP contribution >= 0.6 is 15.9 Å². The fourth-order valence-corrected chi connectivity index (χ4v) is 4.15. The summed E-state index contributed by atoms with van der Waals surface area (Å²) >= 11 is 3.68. The standard InChI is InChI=1S/C22H35BrN2O6/c1-21(2,3)16-14(23)13-15(30-11-7-9-24-19(26)27)17(22(4,5)6)18(16)31-12-8-10-25-20(28)29/h13,24-25H,7-12H2,1-6H3,(H,26,27)(H,28,29). The quantitative estimate of drug-likeness (QED) is 0.330. The maximum absolute atomic E-state index is 10.7. The van der Waals surface area contributed by atoms with Gasteiger partial charge in [-0.3, -0.25) is 0 Å². The summed E-state index contributed by atoms with van der Waals surface area (Å²) in [6.07, 6.45) is -1.05. The predicted molar refractivity (Wildman–Crippen MR) is 124 cm³/mol. The Labute approximate surface area is 192 Å². The van der Waals surface area contributed by atoms with Crippen LogP contribution in [0.15, 0.2) is 10.5 Å². The first-order valence-corrected chi connectivity index (χ1v) is 11.1. The highest BCUT2D eigenvalue weighted by atomic mass is 79.9. The van der Waals surface area contributed by atoms with Crippen LogP contribution in [0.5, 0.6) is 11.5 Å². The summed E-state index contributed by atoms with van der Waals surface area (Å²) in [5, 5.41) is 22.1. The van der Waals surface area contributed by atoms with Crippen LogP contribution in [0.2, 0.25) is 0 Å². The van der Waals surface area contributed by atoms with Crippen LogP contribution in [-0.4, -0.2) is 48.7 Å². The first-order valence-electron chi connectivity index (χ1n) is 10.3. The molecule has 8 nitrogen and oxygen atoms in total. The van der Waals surface area contributed by atoms with Crippen molar-refractivity contribution in [2.24, 2.45) is 0 Å². The third-order valence-corrected chi connectivity index (χ3v) is 5.02. The topological polar surface area (TPSA) is 117 Å². The zero-order chi connectivity index (χ0) is 23.8. The van der Waals surface area contributed by atoms with Crippen molar-refractivity contribution in [2.75, 3.05) is 26.3 Å². The average Bonchev–Trinajstić information content (AvgIpc) is 2.57. The van der Waals surface area contributed by atoms with E-state index in [9.17, 15) is 9.59 Å². The van der Waals surface area contributed by atoms with E-state index in [2.05, 4.69) is 68.1 Å². The number of rotatable bonds is 10. The molecule has 1 rings (SSSR count). The molecule has 0 aliphatic carbocycles. The molecule has 0 aromatic heterocycles. The van der Waals surface area contributed by atoms with Crippen molar-refractivity contribution in [3.63, 3.8) is 0 Å². The maximum Gasteiger partial charge on any atom is 0.404 e. The highest BCUT2D eigenvalue weighted by Crippen LogP contribution is 2.48. The number of nitrogens with one attached hydrogen (secondary N) is 2. The normalized spacial score (nSPS) is 11.7. The Bertz CT molecular complexity index is 769. The average molecular weight is 503 g/mol. The minimum absolute atomic E-state index is 0.211. The van der Waals surface area contributed by atoms with E-state index in [1.165, 1.54) is 0 Å². The minimum atomic E-state index is -1.05. The first-order chi connectivity index (χ1) is 14.2.